The van der Waals surface area contributed by atoms with Gasteiger partial charge in [-0.2, -0.15) is 10.2 Å². The van der Waals surface area contributed by atoms with Crippen molar-refractivity contribution in [2.75, 3.05) is 22.9 Å². The summed E-state index contributed by atoms with van der Waals surface area (Å²) in [5.41, 5.74) is 1.73. The van der Waals surface area contributed by atoms with E-state index < -0.39 is 30.4 Å². The fourth-order valence-corrected chi connectivity index (χ4v) is 6.03. The van der Waals surface area contributed by atoms with Gasteiger partial charge in [0.1, 0.15) is 28.9 Å². The molecule has 42 heavy (non-hydrogen) atoms. The number of halogens is 2. The van der Waals surface area contributed by atoms with Gasteiger partial charge >= 0.3 is 5.97 Å². The molecule has 214 valence electrons. The van der Waals surface area contributed by atoms with Crippen molar-refractivity contribution in [3.05, 3.63) is 47.9 Å². The molecule has 0 amide bonds. The molecule has 0 aliphatic carbocycles. The summed E-state index contributed by atoms with van der Waals surface area (Å²) in [4.78, 5) is 28.6. The summed E-state index contributed by atoms with van der Waals surface area (Å²) in [6.45, 7) is 2.77. The highest BCUT2D eigenvalue weighted by molar-refractivity contribution is 6.06. The van der Waals surface area contributed by atoms with Gasteiger partial charge in [-0.15, -0.1) is 6.42 Å². The second-order valence-corrected chi connectivity index (χ2v) is 10.8. The van der Waals surface area contributed by atoms with Gasteiger partial charge in [-0.3, -0.25) is 0 Å². The van der Waals surface area contributed by atoms with Crippen LogP contribution in [0.5, 0.6) is 5.88 Å². The number of benzene rings is 1. The van der Waals surface area contributed by atoms with Gasteiger partial charge < -0.3 is 24.1 Å². The Morgan fingerprint density at radius 2 is 2.07 bits per heavy atom. The summed E-state index contributed by atoms with van der Waals surface area (Å²) in [6.07, 6.45) is 5.12. The average Bonchev–Trinajstić information content (AvgIpc) is 3.41. The SMILES string of the molecule is C#Cc1cnc(O[C@H]2C[C@@H](C(=O)O)N(c3nc(C(F)F)nc4c3oc3ccccc34)C2)c(N2CCC3(C[C@@H]2C)N=N3)c1. The van der Waals surface area contributed by atoms with Crippen molar-refractivity contribution in [2.45, 2.75) is 56.5 Å². The van der Waals surface area contributed by atoms with E-state index in [1.165, 1.54) is 11.1 Å². The Kier molecular flexibility index (Phi) is 5.96. The van der Waals surface area contributed by atoms with E-state index in [9.17, 15) is 18.7 Å². The number of piperidine rings is 1. The average molecular weight is 574 g/mol. The number of ether oxygens (including phenoxy) is 1. The molecule has 0 bridgehead atoms. The molecule has 3 aromatic heterocycles. The lowest BCUT2D eigenvalue weighted by atomic mass is 9.94. The molecule has 7 rings (SSSR count). The first-order valence-corrected chi connectivity index (χ1v) is 13.6. The summed E-state index contributed by atoms with van der Waals surface area (Å²) in [6, 6.07) is 7.68. The maximum Gasteiger partial charge on any atom is 0.326 e. The van der Waals surface area contributed by atoms with Gasteiger partial charge in [-0.25, -0.2) is 28.5 Å². The van der Waals surface area contributed by atoms with Crippen LogP contribution in [-0.2, 0) is 4.79 Å². The van der Waals surface area contributed by atoms with Crippen molar-refractivity contribution in [3.63, 3.8) is 0 Å². The molecule has 3 aliphatic heterocycles. The van der Waals surface area contributed by atoms with E-state index in [1.54, 1.807) is 24.3 Å². The Morgan fingerprint density at radius 3 is 2.79 bits per heavy atom. The molecule has 1 spiro atoms. The van der Waals surface area contributed by atoms with Crippen molar-refractivity contribution in [1.29, 1.82) is 0 Å². The summed E-state index contributed by atoms with van der Waals surface area (Å²) in [7, 11) is 0. The van der Waals surface area contributed by atoms with Crippen molar-refractivity contribution in [2.24, 2.45) is 10.2 Å². The third-order valence-electron chi connectivity index (χ3n) is 8.11. The Hall–Kier alpha value is -4.86. The van der Waals surface area contributed by atoms with Crippen LogP contribution in [0.15, 0.2) is 51.2 Å². The molecule has 0 unspecified atom stereocenters. The standard InChI is InChI=1S/C29H25F2N7O4/c1-3-16-10-19(37-9-8-29(35-36-29)12-15(37)2)27(32-13-16)41-17-11-20(28(39)40)38(14-17)26-23-22(33-25(34-26)24(30)31)18-6-4-5-7-21(18)42-23/h1,4-7,10,13,15,17,20,24H,8-9,11-12,14H2,2H3,(H,39,40)/t15-,17-,20-/m0/s1. The third kappa shape index (κ3) is 4.34. The lowest BCUT2D eigenvalue weighted by Gasteiger charge is -2.38. The predicted molar refractivity (Wildman–Crippen MR) is 148 cm³/mol. The first-order chi connectivity index (χ1) is 20.2. The quantitative estimate of drug-likeness (QED) is 0.319. The Balaban J connectivity index is 1.24. The van der Waals surface area contributed by atoms with Crippen LogP contribution in [0.1, 0.15) is 44.0 Å². The van der Waals surface area contributed by atoms with E-state index in [4.69, 9.17) is 15.6 Å². The highest BCUT2D eigenvalue weighted by Crippen LogP contribution is 2.44. The smallest absolute Gasteiger partial charge is 0.326 e. The topological polar surface area (TPSA) is 130 Å². The number of aromatic nitrogens is 3. The minimum atomic E-state index is -2.97. The number of pyridine rings is 1. The Labute approximate surface area is 238 Å². The van der Waals surface area contributed by atoms with Gasteiger partial charge in [0.25, 0.3) is 6.43 Å². The number of para-hydroxylation sites is 1. The van der Waals surface area contributed by atoms with Crippen molar-refractivity contribution in [3.8, 4) is 18.2 Å². The van der Waals surface area contributed by atoms with Crippen LogP contribution in [0.25, 0.3) is 22.1 Å². The Bertz CT molecular complexity index is 1800. The number of fused-ring (bicyclic) bond motifs is 3. The number of terminal acetylenes is 1. The lowest BCUT2D eigenvalue weighted by molar-refractivity contribution is -0.138. The van der Waals surface area contributed by atoms with E-state index in [-0.39, 0.29) is 41.6 Å². The van der Waals surface area contributed by atoms with Crippen LogP contribution >= 0.6 is 0 Å². The predicted octanol–water partition coefficient (Wildman–Crippen LogP) is 4.95. The van der Waals surface area contributed by atoms with Gasteiger partial charge in [0, 0.05) is 49.0 Å². The maximum atomic E-state index is 13.9. The summed E-state index contributed by atoms with van der Waals surface area (Å²) in [5, 5.41) is 19.1. The van der Waals surface area contributed by atoms with E-state index in [2.05, 4.69) is 42.9 Å². The zero-order chi connectivity index (χ0) is 29.2. The molecule has 2 fully saturated rings. The zero-order valence-electron chi connectivity index (χ0n) is 22.4. The summed E-state index contributed by atoms with van der Waals surface area (Å²) < 4.78 is 40.1. The van der Waals surface area contributed by atoms with Crippen molar-refractivity contribution in [1.82, 2.24) is 15.0 Å². The number of furan rings is 1. The molecule has 4 aromatic rings. The molecular weight excluding hydrogens is 548 g/mol. The number of anilines is 2. The van der Waals surface area contributed by atoms with E-state index in [1.807, 2.05) is 6.07 Å². The number of hydrogen-bond donors (Lipinski definition) is 1. The van der Waals surface area contributed by atoms with Crippen LogP contribution in [0.2, 0.25) is 0 Å². The number of carboxylic acids is 1. The number of aliphatic carboxylic acids is 1. The molecule has 1 aromatic carbocycles. The highest BCUT2D eigenvalue weighted by Gasteiger charge is 2.47. The number of rotatable bonds is 6. The number of alkyl halides is 2. The minimum Gasteiger partial charge on any atom is -0.480 e. The second-order valence-electron chi connectivity index (χ2n) is 10.8. The molecule has 0 radical (unpaired) electrons. The molecule has 11 nitrogen and oxygen atoms in total. The van der Waals surface area contributed by atoms with E-state index >= 15 is 0 Å². The van der Waals surface area contributed by atoms with Gasteiger partial charge in [0.15, 0.2) is 22.9 Å². The van der Waals surface area contributed by atoms with Gasteiger partial charge in [-0.05, 0) is 25.1 Å². The van der Waals surface area contributed by atoms with Crippen LogP contribution in [0.4, 0.5) is 20.3 Å². The van der Waals surface area contributed by atoms with Crippen LogP contribution in [0, 0.1) is 12.3 Å². The van der Waals surface area contributed by atoms with Crippen LogP contribution in [-0.4, -0.2) is 63.0 Å². The van der Waals surface area contributed by atoms with Crippen LogP contribution in [0.3, 0.4) is 0 Å². The van der Waals surface area contributed by atoms with E-state index in [0.717, 1.165) is 12.8 Å². The molecule has 2 saturated heterocycles. The largest absolute Gasteiger partial charge is 0.480 e. The van der Waals surface area contributed by atoms with Gasteiger partial charge in [-0.1, -0.05) is 18.1 Å². The first kappa shape index (κ1) is 26.1. The molecule has 3 atom stereocenters. The fraction of sp³-hybridized carbons (Fsp3) is 0.379. The monoisotopic (exact) mass is 573 g/mol. The molecule has 1 N–H and O–H groups in total. The summed E-state index contributed by atoms with van der Waals surface area (Å²) in [5.74, 6) is 1.04. The van der Waals surface area contributed by atoms with Crippen molar-refractivity contribution < 1.29 is 27.8 Å². The molecule has 6 heterocycles. The number of carboxylic acid groups (broad SMARTS) is 1. The lowest BCUT2D eigenvalue weighted by Crippen LogP contribution is -2.44. The Morgan fingerprint density at radius 1 is 1.26 bits per heavy atom. The van der Waals surface area contributed by atoms with Crippen molar-refractivity contribution >= 4 is 39.5 Å². The van der Waals surface area contributed by atoms with Gasteiger partial charge in [0.05, 0.1) is 6.54 Å². The molecule has 13 heteroatoms. The molecule has 3 aliphatic rings. The molecule has 0 saturated carbocycles. The maximum absolute atomic E-state index is 13.9. The molecular formula is C29H25F2N7O4. The fourth-order valence-electron chi connectivity index (χ4n) is 6.03. The normalized spacial score (nSPS) is 22.8. The third-order valence-corrected chi connectivity index (χ3v) is 8.11. The van der Waals surface area contributed by atoms with Gasteiger partial charge in [0.2, 0.25) is 5.88 Å². The number of nitrogens with zero attached hydrogens (tertiary/aromatic N) is 7. The minimum absolute atomic E-state index is 0.0206. The zero-order valence-corrected chi connectivity index (χ0v) is 22.4. The second kappa shape index (κ2) is 9.61. The number of hydrogen-bond acceptors (Lipinski definition) is 10. The number of carbonyl (C=O) groups is 1. The highest BCUT2D eigenvalue weighted by atomic mass is 19.3. The van der Waals surface area contributed by atoms with Crippen LogP contribution < -0.4 is 14.5 Å². The van der Waals surface area contributed by atoms with E-state index in [0.29, 0.717) is 34.6 Å². The first-order valence-electron chi connectivity index (χ1n) is 13.6. The summed E-state index contributed by atoms with van der Waals surface area (Å²) >= 11 is 0.